The summed E-state index contributed by atoms with van der Waals surface area (Å²) in [6.07, 6.45) is 15.9. The molecule has 8 heteroatoms. The number of allylic oxidation sites excluding steroid dienone is 5. The summed E-state index contributed by atoms with van der Waals surface area (Å²) >= 11 is 0. The molecule has 2 N–H and O–H groups in total. The van der Waals surface area contributed by atoms with Crippen molar-refractivity contribution in [1.29, 1.82) is 0 Å². The largest absolute Gasteiger partial charge is 0.471 e. The number of ketones is 4. The predicted molar refractivity (Wildman–Crippen MR) is 244 cm³/mol. The van der Waals surface area contributed by atoms with Gasteiger partial charge in [-0.1, -0.05) is 87.0 Å². The van der Waals surface area contributed by atoms with Crippen molar-refractivity contribution < 1.29 is 38.9 Å². The molecule has 1 aliphatic heterocycles. The average molecular weight is 871 g/mol. The summed E-state index contributed by atoms with van der Waals surface area (Å²) in [4.78, 5) is 55.9. The van der Waals surface area contributed by atoms with Gasteiger partial charge in [-0.25, -0.2) is 0 Å². The van der Waals surface area contributed by atoms with Gasteiger partial charge in [0.15, 0.2) is 23.1 Å². The molecule has 6 fully saturated rings. The van der Waals surface area contributed by atoms with Crippen LogP contribution in [0.25, 0.3) is 0 Å². The molecular weight excluding hydrogens is 801 g/mol. The second-order valence-corrected chi connectivity index (χ2v) is 25.3. The van der Waals surface area contributed by atoms with Gasteiger partial charge in [-0.3, -0.25) is 19.2 Å². The van der Waals surface area contributed by atoms with Crippen LogP contribution in [-0.4, -0.2) is 50.8 Å². The van der Waals surface area contributed by atoms with Crippen LogP contribution in [0.2, 0.25) is 0 Å². The van der Waals surface area contributed by atoms with Crippen LogP contribution < -0.4 is 9.47 Å². The Hall–Kier alpha value is -3.62. The summed E-state index contributed by atoms with van der Waals surface area (Å²) in [5.74, 6) is -1.67. The van der Waals surface area contributed by atoms with E-state index in [2.05, 4.69) is 74.5 Å². The van der Waals surface area contributed by atoms with E-state index in [9.17, 15) is 29.4 Å². The van der Waals surface area contributed by atoms with Crippen molar-refractivity contribution in [2.24, 2.45) is 61.6 Å². The number of benzene rings is 1. The van der Waals surface area contributed by atoms with Crippen molar-refractivity contribution in [2.45, 2.75) is 177 Å². The van der Waals surface area contributed by atoms with Gasteiger partial charge in [-0.2, -0.15) is 0 Å². The molecule has 0 radical (unpaired) electrons. The Morgan fingerprint density at radius 3 is 2.00 bits per heavy atom. The average Bonchev–Trinajstić information content (AvgIpc) is 3.23. The van der Waals surface area contributed by atoms with Gasteiger partial charge in [0, 0.05) is 51.2 Å². The molecule has 9 aliphatic carbocycles. The molecule has 342 valence electrons. The molecule has 0 bridgehead atoms. The Morgan fingerprint density at radius 2 is 1.30 bits per heavy atom. The number of aliphatic hydroxyl groups excluding tert-OH is 1. The molecule has 0 aromatic heterocycles. The van der Waals surface area contributed by atoms with Gasteiger partial charge in [0.2, 0.25) is 11.4 Å². The van der Waals surface area contributed by atoms with E-state index in [0.29, 0.717) is 41.4 Å². The molecule has 0 spiro atoms. The number of rotatable bonds is 0. The first-order chi connectivity index (χ1) is 29.6. The highest BCUT2D eigenvalue weighted by atomic mass is 16.7. The van der Waals surface area contributed by atoms with Gasteiger partial charge in [-0.05, 0) is 152 Å². The zero-order chi connectivity index (χ0) is 46.1. The first kappa shape index (κ1) is 43.0. The maximum absolute atomic E-state index is 14.8. The van der Waals surface area contributed by atoms with Crippen LogP contribution in [0.15, 0.2) is 52.7 Å². The fraction of sp³-hybridized carbons (Fsp3) is 0.679. The summed E-state index contributed by atoms with van der Waals surface area (Å²) in [6, 6.07) is 1.88. The zero-order valence-corrected chi connectivity index (χ0v) is 40.4. The Morgan fingerprint density at radius 1 is 0.672 bits per heavy atom. The maximum Gasteiger partial charge on any atom is 0.317 e. The normalized spacial score (nSPS) is 50.9. The molecule has 15 unspecified atom stereocenters. The Labute approximate surface area is 379 Å². The Bertz CT molecular complexity index is 2580. The second kappa shape index (κ2) is 12.3. The summed E-state index contributed by atoms with van der Waals surface area (Å²) in [6.45, 7) is 26.2. The van der Waals surface area contributed by atoms with Crippen LogP contribution >= 0.6 is 0 Å². The number of hydrogen-bond donors (Lipinski definition) is 2. The molecule has 15 atom stereocenters. The van der Waals surface area contributed by atoms with Gasteiger partial charge >= 0.3 is 5.79 Å². The van der Waals surface area contributed by atoms with Crippen molar-refractivity contribution in [3.8, 4) is 11.5 Å². The smallest absolute Gasteiger partial charge is 0.317 e. The zero-order valence-electron chi connectivity index (χ0n) is 40.4. The van der Waals surface area contributed by atoms with Crippen LogP contribution in [-0.2, 0) is 19.8 Å². The van der Waals surface area contributed by atoms with Gasteiger partial charge in [0.25, 0.3) is 0 Å². The van der Waals surface area contributed by atoms with Crippen LogP contribution in [0.1, 0.15) is 168 Å². The SMILES string of the molecule is Cc1c2c(cc3c1C(=O)C=C1C3(C)CCC3(C)C4CC(C)C(=O)C(O)C4(C)CCC13C)OC1(O)C(=O)C=C3C(=CC=C4C3(C)CCC3(C)C5CC(C)C(=O)CC5(C)CCC43C)C1(C)O2. The first-order valence-corrected chi connectivity index (χ1v) is 24.6. The minimum Gasteiger partial charge on any atom is -0.471 e. The highest BCUT2D eigenvalue weighted by molar-refractivity contribution is 6.10. The van der Waals surface area contributed by atoms with Gasteiger partial charge < -0.3 is 19.7 Å². The van der Waals surface area contributed by atoms with E-state index in [4.69, 9.17) is 9.47 Å². The molecule has 8 nitrogen and oxygen atoms in total. The molecule has 0 saturated heterocycles. The van der Waals surface area contributed by atoms with Gasteiger partial charge in [0.05, 0.1) is 0 Å². The number of hydrogen-bond acceptors (Lipinski definition) is 8. The van der Waals surface area contributed by atoms with Crippen LogP contribution in [0, 0.1) is 68.5 Å². The Balaban J connectivity index is 0.985. The highest BCUT2D eigenvalue weighted by Gasteiger charge is 2.72. The van der Waals surface area contributed by atoms with Gasteiger partial charge in [-0.15, -0.1) is 0 Å². The molecule has 11 rings (SSSR count). The summed E-state index contributed by atoms with van der Waals surface area (Å²) in [5.41, 5.74) is 2.02. The number of carbonyl (C=O) groups is 4. The van der Waals surface area contributed by atoms with E-state index >= 15 is 0 Å². The van der Waals surface area contributed by atoms with E-state index in [1.807, 2.05) is 26.0 Å². The van der Waals surface area contributed by atoms with E-state index in [1.165, 1.54) is 5.57 Å². The van der Waals surface area contributed by atoms with Crippen LogP contribution in [0.4, 0.5) is 0 Å². The maximum atomic E-state index is 14.8. The molecule has 1 aromatic rings. The van der Waals surface area contributed by atoms with Crippen LogP contribution in [0.3, 0.4) is 0 Å². The topological polar surface area (TPSA) is 127 Å². The number of Topliss-reactive ketones (excluding diaryl/α,β-unsaturated/α-hetero) is 2. The standard InChI is InChI=1S/C56H70O8/c1-29-23-39-47(4,28-36(29)58)15-19-51(8)38-14-13-32-33(48(38,5)16-20-52(39,51)9)26-42(59)56(62)55(32,12)64-45-31(3)43-34(25-37(45)63-56)49(6)17-21-53(10)40-24-30(2)44(60)46(61)50(40,7)18-22-54(53,11)41(49)27-35(43)57/h13-14,25-27,29-30,39-40,46,61-62H,15-24,28H2,1-12H3. The van der Waals surface area contributed by atoms with E-state index in [0.717, 1.165) is 80.1 Å². The van der Waals surface area contributed by atoms with E-state index < -0.39 is 39.5 Å². The summed E-state index contributed by atoms with van der Waals surface area (Å²) in [5, 5.41) is 24.3. The lowest BCUT2D eigenvalue weighted by molar-refractivity contribution is -0.231. The third-order valence-electron chi connectivity index (χ3n) is 22.6. The number of ether oxygens (including phenoxy) is 2. The fourth-order valence-corrected chi connectivity index (χ4v) is 17.9. The number of carbonyl (C=O) groups excluding carboxylic acids is 4. The highest BCUT2D eigenvalue weighted by Crippen LogP contribution is 2.77. The van der Waals surface area contributed by atoms with Crippen molar-refractivity contribution in [2.75, 3.05) is 0 Å². The molecular formula is C56H70O8. The monoisotopic (exact) mass is 871 g/mol. The Kier molecular flexibility index (Phi) is 8.25. The lowest BCUT2D eigenvalue weighted by atomic mass is 9.35. The molecule has 10 aliphatic rings. The number of aliphatic hydroxyl groups is 2. The minimum atomic E-state index is -2.36. The van der Waals surface area contributed by atoms with Crippen molar-refractivity contribution in [1.82, 2.24) is 0 Å². The quantitative estimate of drug-likeness (QED) is 0.264. The third kappa shape index (κ3) is 4.56. The lowest BCUT2D eigenvalue weighted by Gasteiger charge is -2.69. The lowest BCUT2D eigenvalue weighted by Crippen LogP contribution is -2.70. The molecule has 1 aromatic carbocycles. The van der Waals surface area contributed by atoms with E-state index in [-0.39, 0.29) is 62.1 Å². The van der Waals surface area contributed by atoms with Gasteiger partial charge in [0.1, 0.15) is 11.9 Å². The number of fused-ring (bicyclic) bond motifs is 17. The first-order valence-electron chi connectivity index (χ1n) is 24.6. The van der Waals surface area contributed by atoms with Crippen LogP contribution in [0.5, 0.6) is 11.5 Å². The van der Waals surface area contributed by atoms with Crippen molar-refractivity contribution >= 4 is 23.1 Å². The third-order valence-corrected chi connectivity index (χ3v) is 22.6. The minimum absolute atomic E-state index is 0.0196. The summed E-state index contributed by atoms with van der Waals surface area (Å²) < 4.78 is 13.8. The molecule has 6 saturated carbocycles. The van der Waals surface area contributed by atoms with E-state index in [1.54, 1.807) is 13.0 Å². The van der Waals surface area contributed by atoms with Crippen molar-refractivity contribution in [3.05, 3.63) is 69.4 Å². The second-order valence-electron chi connectivity index (χ2n) is 25.3. The molecule has 64 heavy (non-hydrogen) atoms. The van der Waals surface area contributed by atoms with Crippen molar-refractivity contribution in [3.63, 3.8) is 0 Å². The summed E-state index contributed by atoms with van der Waals surface area (Å²) in [7, 11) is 0. The molecule has 1 heterocycles. The predicted octanol–water partition coefficient (Wildman–Crippen LogP) is 10.4. The molecule has 0 amide bonds. The fourth-order valence-electron chi connectivity index (χ4n) is 17.9.